The van der Waals surface area contributed by atoms with E-state index in [0.717, 1.165) is 0 Å². The van der Waals surface area contributed by atoms with Crippen LogP contribution in [0.4, 0.5) is 0 Å². The summed E-state index contributed by atoms with van der Waals surface area (Å²) in [5.74, 6) is -1.34. The summed E-state index contributed by atoms with van der Waals surface area (Å²) in [6.45, 7) is 3.06. The van der Waals surface area contributed by atoms with Crippen LogP contribution in [0, 0.1) is 0 Å². The van der Waals surface area contributed by atoms with Gasteiger partial charge in [0.2, 0.25) is 5.91 Å². The van der Waals surface area contributed by atoms with Crippen molar-refractivity contribution in [2.24, 2.45) is 7.05 Å². The normalized spacial score (nSPS) is 18.7. The Labute approximate surface area is 104 Å². The Hall–Kier alpha value is -2.18. The smallest absolute Gasteiger partial charge is 0.273 e. The summed E-state index contributed by atoms with van der Waals surface area (Å²) in [6.07, 6.45) is 1.49. The molecule has 1 fully saturated rings. The highest BCUT2D eigenvalue weighted by Gasteiger charge is 2.44. The van der Waals surface area contributed by atoms with Gasteiger partial charge in [-0.05, 0) is 19.9 Å². The van der Waals surface area contributed by atoms with Crippen LogP contribution in [0.1, 0.15) is 24.3 Å². The molecule has 1 N–H and O–H groups in total. The first-order chi connectivity index (χ1) is 8.34. The van der Waals surface area contributed by atoms with Gasteiger partial charge in [-0.25, -0.2) is 0 Å². The number of amides is 3. The summed E-state index contributed by atoms with van der Waals surface area (Å²) in [5.41, 5.74) is -0.722. The van der Waals surface area contributed by atoms with Gasteiger partial charge in [0, 0.05) is 13.2 Å². The van der Waals surface area contributed by atoms with Crippen LogP contribution in [0.5, 0.6) is 0 Å². The number of carbonyl (C=O) groups excluding carboxylic acids is 3. The highest BCUT2D eigenvalue weighted by atomic mass is 16.2. The second kappa shape index (κ2) is 3.94. The molecule has 1 aliphatic heterocycles. The van der Waals surface area contributed by atoms with Gasteiger partial charge in [-0.2, -0.15) is 5.10 Å². The number of carbonyl (C=O) groups is 3. The lowest BCUT2D eigenvalue weighted by Crippen LogP contribution is -2.65. The number of hydrogen-bond acceptors (Lipinski definition) is 4. The lowest BCUT2D eigenvalue weighted by molar-refractivity contribution is -0.143. The van der Waals surface area contributed by atoms with Crippen molar-refractivity contribution in [2.75, 3.05) is 6.54 Å². The van der Waals surface area contributed by atoms with Crippen molar-refractivity contribution in [3.05, 3.63) is 18.0 Å². The van der Waals surface area contributed by atoms with E-state index in [1.54, 1.807) is 27.0 Å². The van der Waals surface area contributed by atoms with Gasteiger partial charge in [0.1, 0.15) is 17.8 Å². The molecule has 0 unspecified atom stereocenters. The molecule has 0 bridgehead atoms. The van der Waals surface area contributed by atoms with Gasteiger partial charge in [-0.1, -0.05) is 0 Å². The molecule has 0 aliphatic carbocycles. The van der Waals surface area contributed by atoms with Crippen molar-refractivity contribution < 1.29 is 14.4 Å². The molecule has 0 spiro atoms. The average Bonchev–Trinajstić information content (AvgIpc) is 2.69. The van der Waals surface area contributed by atoms with Gasteiger partial charge < -0.3 is 4.90 Å². The summed E-state index contributed by atoms with van der Waals surface area (Å²) in [7, 11) is 1.63. The Kier molecular flexibility index (Phi) is 2.68. The minimum atomic E-state index is -1.06. The fraction of sp³-hybridized carbons (Fsp3) is 0.455. The van der Waals surface area contributed by atoms with E-state index < -0.39 is 17.4 Å². The Morgan fingerprint density at radius 3 is 2.67 bits per heavy atom. The van der Waals surface area contributed by atoms with Gasteiger partial charge in [0.25, 0.3) is 11.8 Å². The number of rotatable bonds is 1. The van der Waals surface area contributed by atoms with Gasteiger partial charge in [-0.15, -0.1) is 0 Å². The molecule has 96 valence electrons. The molecule has 0 aromatic carbocycles. The zero-order valence-corrected chi connectivity index (χ0v) is 10.4. The third-order valence-electron chi connectivity index (χ3n) is 3.07. The van der Waals surface area contributed by atoms with Crippen molar-refractivity contribution >= 4 is 17.7 Å². The monoisotopic (exact) mass is 250 g/mol. The van der Waals surface area contributed by atoms with Gasteiger partial charge in [0.15, 0.2) is 0 Å². The van der Waals surface area contributed by atoms with E-state index in [2.05, 4.69) is 10.4 Å². The first kappa shape index (κ1) is 12.3. The quantitative estimate of drug-likeness (QED) is 0.668. The minimum absolute atomic E-state index is 0.136. The lowest BCUT2D eigenvalue weighted by atomic mass is 9.98. The predicted octanol–water partition coefficient (Wildman–Crippen LogP) is -0.703. The number of aromatic nitrogens is 2. The maximum absolute atomic E-state index is 12.3. The van der Waals surface area contributed by atoms with Crippen LogP contribution in [-0.4, -0.2) is 44.5 Å². The third kappa shape index (κ3) is 1.77. The van der Waals surface area contributed by atoms with E-state index in [9.17, 15) is 14.4 Å². The van der Waals surface area contributed by atoms with Gasteiger partial charge in [-0.3, -0.25) is 24.4 Å². The van der Waals surface area contributed by atoms with Crippen LogP contribution < -0.4 is 5.32 Å². The summed E-state index contributed by atoms with van der Waals surface area (Å²) in [5, 5.41) is 6.12. The van der Waals surface area contributed by atoms with Crippen LogP contribution in [0.3, 0.4) is 0 Å². The Morgan fingerprint density at radius 2 is 2.11 bits per heavy atom. The Bertz CT molecular complexity index is 532. The number of imide groups is 1. The summed E-state index contributed by atoms with van der Waals surface area (Å²) in [6, 6.07) is 1.55. The molecule has 0 saturated carbocycles. The van der Waals surface area contributed by atoms with E-state index in [-0.39, 0.29) is 12.5 Å². The molecule has 1 aromatic heterocycles. The van der Waals surface area contributed by atoms with Crippen LogP contribution in [0.25, 0.3) is 0 Å². The van der Waals surface area contributed by atoms with Crippen LogP contribution >= 0.6 is 0 Å². The topological polar surface area (TPSA) is 84.3 Å². The van der Waals surface area contributed by atoms with E-state index >= 15 is 0 Å². The van der Waals surface area contributed by atoms with Crippen LogP contribution in [-0.2, 0) is 16.6 Å². The predicted molar refractivity (Wildman–Crippen MR) is 61.5 cm³/mol. The standard InChI is InChI=1S/C11H14N4O3/c1-11(2)10(18)13-8(16)6-15(11)9(17)7-4-5-12-14(7)3/h4-5H,6H2,1-3H3,(H,13,16,18). The summed E-state index contributed by atoms with van der Waals surface area (Å²) < 4.78 is 1.41. The van der Waals surface area contributed by atoms with Crippen LogP contribution in [0.15, 0.2) is 12.3 Å². The number of hydrogen-bond donors (Lipinski definition) is 1. The molecule has 1 aromatic rings. The Morgan fingerprint density at radius 1 is 1.44 bits per heavy atom. The van der Waals surface area contributed by atoms with E-state index in [1.165, 1.54) is 15.8 Å². The molecule has 1 aliphatic rings. The maximum Gasteiger partial charge on any atom is 0.273 e. The summed E-state index contributed by atoms with van der Waals surface area (Å²) >= 11 is 0. The number of nitrogens with one attached hydrogen (secondary N) is 1. The minimum Gasteiger partial charge on any atom is -0.314 e. The molecule has 2 rings (SSSR count). The first-order valence-electron chi connectivity index (χ1n) is 5.48. The molecule has 2 heterocycles. The fourth-order valence-electron chi connectivity index (χ4n) is 1.83. The van der Waals surface area contributed by atoms with Crippen molar-refractivity contribution in [3.63, 3.8) is 0 Å². The number of nitrogens with zero attached hydrogens (tertiary/aromatic N) is 3. The molecular formula is C11H14N4O3. The van der Waals surface area contributed by atoms with E-state index in [4.69, 9.17) is 0 Å². The average molecular weight is 250 g/mol. The molecule has 18 heavy (non-hydrogen) atoms. The van der Waals surface area contributed by atoms with Crippen molar-refractivity contribution in [3.8, 4) is 0 Å². The fourth-order valence-corrected chi connectivity index (χ4v) is 1.83. The Balaban J connectivity index is 2.37. The lowest BCUT2D eigenvalue weighted by Gasteiger charge is -2.39. The number of piperazine rings is 1. The van der Waals surface area contributed by atoms with Crippen LogP contribution in [0.2, 0.25) is 0 Å². The SMILES string of the molecule is Cn1nccc1C(=O)N1CC(=O)NC(=O)C1(C)C. The van der Waals surface area contributed by atoms with Crippen molar-refractivity contribution in [2.45, 2.75) is 19.4 Å². The molecule has 3 amide bonds. The largest absolute Gasteiger partial charge is 0.314 e. The zero-order valence-electron chi connectivity index (χ0n) is 10.4. The summed E-state index contributed by atoms with van der Waals surface area (Å²) in [4.78, 5) is 36.7. The van der Waals surface area contributed by atoms with Crippen molar-refractivity contribution in [1.29, 1.82) is 0 Å². The molecule has 7 heteroatoms. The van der Waals surface area contributed by atoms with Gasteiger partial charge >= 0.3 is 0 Å². The number of aryl methyl sites for hydroxylation is 1. The first-order valence-corrected chi connectivity index (χ1v) is 5.48. The van der Waals surface area contributed by atoms with Gasteiger partial charge in [0.05, 0.1) is 0 Å². The maximum atomic E-state index is 12.3. The highest BCUT2D eigenvalue weighted by molar-refractivity contribution is 6.08. The van der Waals surface area contributed by atoms with Crippen molar-refractivity contribution in [1.82, 2.24) is 20.0 Å². The molecular weight excluding hydrogens is 236 g/mol. The molecule has 0 radical (unpaired) electrons. The molecule has 7 nitrogen and oxygen atoms in total. The molecule has 1 saturated heterocycles. The highest BCUT2D eigenvalue weighted by Crippen LogP contribution is 2.20. The zero-order chi connectivity index (χ0) is 13.5. The second-order valence-corrected chi connectivity index (χ2v) is 4.67. The second-order valence-electron chi connectivity index (χ2n) is 4.67. The van der Waals surface area contributed by atoms with E-state index in [1.807, 2.05) is 0 Å². The third-order valence-corrected chi connectivity index (χ3v) is 3.07. The molecule has 0 atom stereocenters. The van der Waals surface area contributed by atoms with E-state index in [0.29, 0.717) is 5.69 Å².